The third-order valence-electron chi connectivity index (χ3n) is 3.52. The molecule has 1 fully saturated rings. The molecule has 112 valence electrons. The van der Waals surface area contributed by atoms with Gasteiger partial charge in [-0.25, -0.2) is 0 Å². The van der Waals surface area contributed by atoms with Crippen LogP contribution in [0.15, 0.2) is 0 Å². The summed E-state index contributed by atoms with van der Waals surface area (Å²) in [5.41, 5.74) is 0. The molecule has 0 aromatic carbocycles. The fourth-order valence-electron chi connectivity index (χ4n) is 2.49. The Balaban J connectivity index is 2.31. The minimum Gasteiger partial charge on any atom is -0.481 e. The zero-order valence-electron chi connectivity index (χ0n) is 10.9. The summed E-state index contributed by atoms with van der Waals surface area (Å²) in [6.45, 7) is 3.14. The molecule has 1 aliphatic rings. The van der Waals surface area contributed by atoms with Crippen molar-refractivity contribution in [1.29, 1.82) is 0 Å². The number of halogens is 3. The molecule has 1 heterocycles. The van der Waals surface area contributed by atoms with Gasteiger partial charge in [-0.3, -0.25) is 9.53 Å². The Kier molecular flexibility index (Phi) is 6.06. The Morgan fingerprint density at radius 2 is 2.21 bits per heavy atom. The van der Waals surface area contributed by atoms with Crippen LogP contribution in [0.5, 0.6) is 0 Å². The minimum atomic E-state index is -4.58. The Labute approximate surface area is 110 Å². The maximum atomic E-state index is 11.9. The fourth-order valence-corrected chi connectivity index (χ4v) is 2.49. The molecule has 4 nitrogen and oxygen atoms in total. The van der Waals surface area contributed by atoms with E-state index in [2.05, 4.69) is 4.74 Å². The highest BCUT2D eigenvalue weighted by Gasteiger charge is 2.30. The van der Waals surface area contributed by atoms with E-state index in [1.54, 1.807) is 0 Å². The molecule has 19 heavy (non-hydrogen) atoms. The number of carboxylic acids is 1. The molecule has 0 aliphatic carbocycles. The number of carboxylic acid groups (broad SMARTS) is 1. The van der Waals surface area contributed by atoms with Crippen LogP contribution in [0.3, 0.4) is 0 Å². The number of alkyl halides is 3. The van der Waals surface area contributed by atoms with Crippen LogP contribution in [0, 0.1) is 11.8 Å². The van der Waals surface area contributed by atoms with Crippen molar-refractivity contribution in [3.63, 3.8) is 0 Å². The van der Waals surface area contributed by atoms with Crippen molar-refractivity contribution in [1.82, 2.24) is 4.90 Å². The number of piperidine rings is 1. The summed E-state index contributed by atoms with van der Waals surface area (Å²) in [5, 5.41) is 8.75. The Morgan fingerprint density at radius 1 is 1.53 bits per heavy atom. The first-order valence-electron chi connectivity index (χ1n) is 6.43. The summed E-state index contributed by atoms with van der Waals surface area (Å²) in [5.74, 6) is -0.551. The molecule has 0 bridgehead atoms. The van der Waals surface area contributed by atoms with Crippen LogP contribution < -0.4 is 0 Å². The maximum absolute atomic E-state index is 11.9. The summed E-state index contributed by atoms with van der Waals surface area (Å²) in [6, 6.07) is 0. The average Bonchev–Trinajstić information content (AvgIpc) is 2.26. The van der Waals surface area contributed by atoms with Crippen LogP contribution in [0.2, 0.25) is 0 Å². The van der Waals surface area contributed by atoms with E-state index in [4.69, 9.17) is 5.11 Å². The predicted octanol–water partition coefficient (Wildman–Crippen LogP) is 2.35. The maximum Gasteiger partial charge on any atom is 0.522 e. The summed E-state index contributed by atoms with van der Waals surface area (Å²) in [6.07, 6.45) is -2.64. The van der Waals surface area contributed by atoms with E-state index in [1.807, 2.05) is 11.8 Å². The van der Waals surface area contributed by atoms with Gasteiger partial charge in [0.1, 0.15) is 0 Å². The van der Waals surface area contributed by atoms with Gasteiger partial charge in [0, 0.05) is 19.5 Å². The third-order valence-corrected chi connectivity index (χ3v) is 3.52. The zero-order valence-corrected chi connectivity index (χ0v) is 10.9. The van der Waals surface area contributed by atoms with Gasteiger partial charge in [0.15, 0.2) is 0 Å². The highest BCUT2D eigenvalue weighted by Crippen LogP contribution is 2.26. The van der Waals surface area contributed by atoms with Gasteiger partial charge in [-0.05, 0) is 31.2 Å². The standard InChI is InChI=1S/C12H20F3NO3/c1-9(7-11(17)18)10-3-2-4-16(8-10)5-6-19-12(13,14)15/h9-10H,2-8H2,1H3,(H,17,18). The molecule has 0 radical (unpaired) electrons. The lowest BCUT2D eigenvalue weighted by Crippen LogP contribution is -2.40. The van der Waals surface area contributed by atoms with E-state index < -0.39 is 12.3 Å². The molecule has 1 rings (SSSR count). The molecule has 0 aromatic heterocycles. The zero-order chi connectivity index (χ0) is 14.5. The van der Waals surface area contributed by atoms with Crippen molar-refractivity contribution in [3.8, 4) is 0 Å². The SMILES string of the molecule is CC(CC(=O)O)C1CCCN(CCOC(F)(F)F)C1. The van der Waals surface area contributed by atoms with Crippen LogP contribution in [0.1, 0.15) is 26.2 Å². The largest absolute Gasteiger partial charge is 0.522 e. The molecular weight excluding hydrogens is 263 g/mol. The van der Waals surface area contributed by atoms with Crippen molar-refractivity contribution in [2.45, 2.75) is 32.5 Å². The summed E-state index contributed by atoms with van der Waals surface area (Å²) >= 11 is 0. The van der Waals surface area contributed by atoms with Crippen molar-refractivity contribution in [3.05, 3.63) is 0 Å². The van der Waals surface area contributed by atoms with E-state index in [1.165, 1.54) is 0 Å². The van der Waals surface area contributed by atoms with E-state index in [0.717, 1.165) is 19.4 Å². The first-order chi connectivity index (χ1) is 8.78. The number of rotatable bonds is 6. The molecule has 1 aliphatic heterocycles. The second kappa shape index (κ2) is 7.09. The number of ether oxygens (including phenoxy) is 1. The minimum absolute atomic E-state index is 0.0452. The normalized spacial score (nSPS) is 23.3. The number of carbonyl (C=O) groups is 1. The first kappa shape index (κ1) is 16.2. The van der Waals surface area contributed by atoms with Gasteiger partial charge in [0.2, 0.25) is 0 Å². The number of hydrogen-bond donors (Lipinski definition) is 1. The number of likely N-dealkylation sites (tertiary alicyclic amines) is 1. The molecule has 0 saturated carbocycles. The van der Waals surface area contributed by atoms with Gasteiger partial charge in [0.05, 0.1) is 6.61 Å². The monoisotopic (exact) mass is 283 g/mol. The van der Waals surface area contributed by atoms with Crippen molar-refractivity contribution in [2.75, 3.05) is 26.2 Å². The van der Waals surface area contributed by atoms with E-state index >= 15 is 0 Å². The third kappa shape index (κ3) is 6.77. The predicted molar refractivity (Wildman–Crippen MR) is 62.6 cm³/mol. The summed E-state index contributed by atoms with van der Waals surface area (Å²) < 4.78 is 39.3. The Bertz CT molecular complexity index is 296. The molecule has 2 atom stereocenters. The summed E-state index contributed by atoms with van der Waals surface area (Å²) in [4.78, 5) is 12.6. The van der Waals surface area contributed by atoms with Gasteiger partial charge in [-0.2, -0.15) is 0 Å². The second-order valence-electron chi connectivity index (χ2n) is 5.07. The molecule has 1 N–H and O–H groups in total. The van der Waals surface area contributed by atoms with Crippen molar-refractivity contribution in [2.24, 2.45) is 11.8 Å². The van der Waals surface area contributed by atoms with Crippen LogP contribution in [-0.4, -0.2) is 48.6 Å². The highest BCUT2D eigenvalue weighted by atomic mass is 19.4. The van der Waals surface area contributed by atoms with Crippen LogP contribution in [0.4, 0.5) is 13.2 Å². The van der Waals surface area contributed by atoms with E-state index in [-0.39, 0.29) is 31.4 Å². The number of hydrogen-bond acceptors (Lipinski definition) is 3. The van der Waals surface area contributed by atoms with Crippen LogP contribution >= 0.6 is 0 Å². The van der Waals surface area contributed by atoms with Crippen molar-refractivity contribution < 1.29 is 27.8 Å². The fraction of sp³-hybridized carbons (Fsp3) is 0.917. The topological polar surface area (TPSA) is 49.8 Å². The van der Waals surface area contributed by atoms with Gasteiger partial charge in [-0.15, -0.1) is 13.2 Å². The molecule has 7 heteroatoms. The lowest BCUT2D eigenvalue weighted by Gasteiger charge is -2.35. The lowest BCUT2D eigenvalue weighted by atomic mass is 9.85. The van der Waals surface area contributed by atoms with Crippen LogP contribution in [-0.2, 0) is 9.53 Å². The first-order valence-corrected chi connectivity index (χ1v) is 6.43. The highest BCUT2D eigenvalue weighted by molar-refractivity contribution is 5.66. The molecule has 0 spiro atoms. The quantitative estimate of drug-likeness (QED) is 0.813. The second-order valence-corrected chi connectivity index (χ2v) is 5.07. The van der Waals surface area contributed by atoms with Gasteiger partial charge in [-0.1, -0.05) is 6.92 Å². The Hall–Kier alpha value is -0.820. The van der Waals surface area contributed by atoms with Gasteiger partial charge < -0.3 is 10.0 Å². The smallest absolute Gasteiger partial charge is 0.481 e. The van der Waals surface area contributed by atoms with E-state index in [9.17, 15) is 18.0 Å². The summed E-state index contributed by atoms with van der Waals surface area (Å²) in [7, 11) is 0. The Morgan fingerprint density at radius 3 is 2.79 bits per heavy atom. The molecule has 0 amide bonds. The van der Waals surface area contributed by atoms with Crippen molar-refractivity contribution >= 4 is 5.97 Å². The number of nitrogens with zero attached hydrogens (tertiary/aromatic N) is 1. The van der Waals surface area contributed by atoms with Crippen LogP contribution in [0.25, 0.3) is 0 Å². The lowest BCUT2D eigenvalue weighted by molar-refractivity contribution is -0.325. The van der Waals surface area contributed by atoms with Gasteiger partial charge >= 0.3 is 12.3 Å². The average molecular weight is 283 g/mol. The molecule has 1 saturated heterocycles. The molecule has 2 unspecified atom stereocenters. The molecular formula is C12H20F3NO3. The van der Waals surface area contributed by atoms with E-state index in [0.29, 0.717) is 6.54 Å². The number of aliphatic carboxylic acids is 1. The molecule has 0 aromatic rings. The van der Waals surface area contributed by atoms with Gasteiger partial charge in [0.25, 0.3) is 0 Å².